The van der Waals surface area contributed by atoms with Crippen molar-refractivity contribution in [1.82, 2.24) is 9.97 Å². The summed E-state index contributed by atoms with van der Waals surface area (Å²) >= 11 is 6.51. The van der Waals surface area contributed by atoms with Crippen molar-refractivity contribution in [2.45, 2.75) is 12.3 Å². The van der Waals surface area contributed by atoms with Crippen LogP contribution >= 0.6 is 11.6 Å². The second-order valence-electron chi connectivity index (χ2n) is 11.2. The molecule has 46 heavy (non-hydrogen) atoms. The number of nitrogens with zero attached hydrogens (tertiary/aromatic N) is 2. The molecule has 2 aliphatic heterocycles. The molecule has 11 nitrogen and oxygen atoms in total. The first-order chi connectivity index (χ1) is 22.3. The minimum absolute atomic E-state index is 0.133. The van der Waals surface area contributed by atoms with Crippen molar-refractivity contribution in [3.63, 3.8) is 0 Å². The predicted octanol–water partition coefficient (Wildman–Crippen LogP) is 5.88. The van der Waals surface area contributed by atoms with Crippen LogP contribution in [0, 0.1) is 0 Å². The minimum Gasteiger partial charge on any atom is -0.493 e. The molecule has 2 aromatic heterocycles. The number of fused-ring (bicyclic) bond motifs is 5. The lowest BCUT2D eigenvalue weighted by molar-refractivity contribution is 0.0977. The highest BCUT2D eigenvalue weighted by Crippen LogP contribution is 2.46. The number of aromatic amines is 2. The molecule has 0 saturated carbocycles. The van der Waals surface area contributed by atoms with E-state index >= 15 is 0 Å². The standard InChI is InChI=1S/C34H33ClN4O7/c1-42-26-11-17-8-9-38(25(17)14-27(26)43-2)33(40)23-13-20-21(36-23)6-7-24-29(20)19(15-35)16-39(24)34(41)22-10-18-12-28(44-3)31(45-4)32(46-5)30(18)37-22/h6-7,10-14,19,36-37H,8-9,15-16H2,1-5H3. The molecule has 0 fully saturated rings. The summed E-state index contributed by atoms with van der Waals surface area (Å²) in [7, 11) is 7.80. The monoisotopic (exact) mass is 644 g/mol. The molecule has 2 aliphatic rings. The zero-order valence-corrected chi connectivity index (χ0v) is 26.8. The lowest BCUT2D eigenvalue weighted by Gasteiger charge is -2.18. The predicted molar refractivity (Wildman–Crippen MR) is 176 cm³/mol. The number of aromatic nitrogens is 2. The summed E-state index contributed by atoms with van der Waals surface area (Å²) < 4.78 is 27.6. The van der Waals surface area contributed by atoms with Crippen LogP contribution in [0.4, 0.5) is 11.4 Å². The Hall–Kier alpha value is -5.03. The zero-order chi connectivity index (χ0) is 32.3. The molecule has 1 unspecified atom stereocenters. The molecule has 5 aromatic rings. The molecule has 7 rings (SSSR count). The molecule has 4 heterocycles. The highest BCUT2D eigenvalue weighted by atomic mass is 35.5. The summed E-state index contributed by atoms with van der Waals surface area (Å²) in [5.74, 6) is 2.38. The number of nitrogens with one attached hydrogen (secondary N) is 2. The Morgan fingerprint density at radius 3 is 2.17 bits per heavy atom. The fourth-order valence-corrected chi connectivity index (χ4v) is 7.05. The summed E-state index contributed by atoms with van der Waals surface area (Å²) in [5.41, 5.74) is 5.77. The number of hydrogen-bond donors (Lipinski definition) is 2. The number of benzene rings is 3. The Balaban J connectivity index is 1.24. The molecule has 2 amide bonds. The molecule has 1 atom stereocenters. The van der Waals surface area contributed by atoms with Crippen LogP contribution in [0.15, 0.2) is 42.5 Å². The maximum atomic E-state index is 14.0. The highest BCUT2D eigenvalue weighted by molar-refractivity contribution is 6.19. The van der Waals surface area contributed by atoms with Crippen LogP contribution in [0.5, 0.6) is 28.7 Å². The van der Waals surface area contributed by atoms with E-state index < -0.39 is 0 Å². The maximum Gasteiger partial charge on any atom is 0.274 e. The quantitative estimate of drug-likeness (QED) is 0.203. The molecule has 238 valence electrons. The Morgan fingerprint density at radius 1 is 0.783 bits per heavy atom. The first-order valence-corrected chi connectivity index (χ1v) is 15.3. The molecule has 0 saturated heterocycles. The first kappa shape index (κ1) is 29.7. The number of ether oxygens (including phenoxy) is 5. The van der Waals surface area contributed by atoms with E-state index in [4.69, 9.17) is 35.3 Å². The van der Waals surface area contributed by atoms with Gasteiger partial charge >= 0.3 is 0 Å². The SMILES string of the molecule is COc1cc2c(cc1OC)N(C(=O)c1cc3c4c(ccc3[nH]1)N(C(=O)c1cc3cc(OC)c(OC)c(OC)c3[nH]1)CC4CCl)CC2. The van der Waals surface area contributed by atoms with E-state index in [0.29, 0.717) is 71.0 Å². The number of anilines is 2. The number of methoxy groups -OCH3 is 5. The van der Waals surface area contributed by atoms with E-state index in [-0.39, 0.29) is 17.7 Å². The van der Waals surface area contributed by atoms with Gasteiger partial charge in [0.25, 0.3) is 11.8 Å². The minimum atomic E-state index is -0.214. The van der Waals surface area contributed by atoms with E-state index in [2.05, 4.69) is 9.97 Å². The number of H-pyrrole nitrogens is 2. The number of carbonyl (C=O) groups excluding carboxylic acids is 2. The molecular weight excluding hydrogens is 612 g/mol. The van der Waals surface area contributed by atoms with Crippen LogP contribution in [0.25, 0.3) is 21.8 Å². The topological polar surface area (TPSA) is 118 Å². The maximum absolute atomic E-state index is 14.0. The number of amides is 2. The molecule has 2 N–H and O–H groups in total. The molecule has 0 radical (unpaired) electrons. The van der Waals surface area contributed by atoms with Crippen molar-refractivity contribution in [3.8, 4) is 28.7 Å². The number of halogens is 1. The second-order valence-corrected chi connectivity index (χ2v) is 11.6. The van der Waals surface area contributed by atoms with Gasteiger partial charge in [0.2, 0.25) is 5.75 Å². The summed E-state index contributed by atoms with van der Waals surface area (Å²) in [4.78, 5) is 38.0. The van der Waals surface area contributed by atoms with Crippen LogP contribution in [0.3, 0.4) is 0 Å². The third-order valence-corrected chi connectivity index (χ3v) is 9.33. The summed E-state index contributed by atoms with van der Waals surface area (Å²) in [5, 5.41) is 1.61. The molecule has 0 aliphatic carbocycles. The van der Waals surface area contributed by atoms with E-state index in [1.807, 2.05) is 30.3 Å². The van der Waals surface area contributed by atoms with Gasteiger partial charge in [0.05, 0.1) is 46.8 Å². The molecular formula is C34H33ClN4O7. The van der Waals surface area contributed by atoms with Gasteiger partial charge in [-0.15, -0.1) is 11.6 Å². The Labute approximate surface area is 269 Å². The fourth-order valence-electron chi connectivity index (χ4n) is 6.80. The van der Waals surface area contributed by atoms with E-state index in [1.54, 1.807) is 50.4 Å². The fraction of sp³-hybridized carbons (Fsp3) is 0.294. The van der Waals surface area contributed by atoms with Crippen LogP contribution in [-0.2, 0) is 6.42 Å². The van der Waals surface area contributed by atoms with Crippen molar-refractivity contribution in [2.75, 3.05) is 64.3 Å². The largest absolute Gasteiger partial charge is 0.493 e. The van der Waals surface area contributed by atoms with Gasteiger partial charge in [0.15, 0.2) is 23.0 Å². The van der Waals surface area contributed by atoms with E-state index in [0.717, 1.165) is 38.8 Å². The number of alkyl halides is 1. The van der Waals surface area contributed by atoms with Gasteiger partial charge in [-0.3, -0.25) is 9.59 Å². The van der Waals surface area contributed by atoms with Crippen molar-refractivity contribution in [3.05, 3.63) is 65.0 Å². The third kappa shape index (κ3) is 4.40. The lowest BCUT2D eigenvalue weighted by atomic mass is 9.99. The van der Waals surface area contributed by atoms with Gasteiger partial charge in [-0.1, -0.05) is 0 Å². The van der Waals surface area contributed by atoms with Crippen molar-refractivity contribution >= 4 is 56.6 Å². The average molecular weight is 645 g/mol. The highest BCUT2D eigenvalue weighted by Gasteiger charge is 2.36. The number of carbonyl (C=O) groups is 2. The van der Waals surface area contributed by atoms with Gasteiger partial charge in [0.1, 0.15) is 11.4 Å². The van der Waals surface area contributed by atoms with Gasteiger partial charge < -0.3 is 43.5 Å². The molecule has 12 heteroatoms. The molecule has 0 spiro atoms. The van der Waals surface area contributed by atoms with Crippen molar-refractivity contribution in [1.29, 1.82) is 0 Å². The smallest absolute Gasteiger partial charge is 0.274 e. The lowest BCUT2D eigenvalue weighted by Crippen LogP contribution is -2.30. The number of hydrogen-bond acceptors (Lipinski definition) is 7. The Kier molecular flexibility index (Phi) is 7.35. The van der Waals surface area contributed by atoms with Crippen LogP contribution in [0.2, 0.25) is 0 Å². The van der Waals surface area contributed by atoms with Gasteiger partial charge in [-0.2, -0.15) is 0 Å². The zero-order valence-electron chi connectivity index (χ0n) is 26.1. The average Bonchev–Trinajstić information content (AvgIpc) is 3.88. The molecule has 0 bridgehead atoms. The Morgan fingerprint density at radius 2 is 1.48 bits per heavy atom. The van der Waals surface area contributed by atoms with E-state index in [1.165, 1.54) is 7.11 Å². The van der Waals surface area contributed by atoms with Gasteiger partial charge in [-0.25, -0.2) is 0 Å². The summed E-state index contributed by atoms with van der Waals surface area (Å²) in [6.45, 7) is 0.934. The Bertz CT molecular complexity index is 2030. The first-order valence-electron chi connectivity index (χ1n) is 14.8. The summed E-state index contributed by atoms with van der Waals surface area (Å²) in [6, 6.07) is 13.0. The third-order valence-electron chi connectivity index (χ3n) is 8.96. The van der Waals surface area contributed by atoms with Crippen molar-refractivity contribution in [2.24, 2.45) is 0 Å². The van der Waals surface area contributed by atoms with Crippen molar-refractivity contribution < 1.29 is 33.3 Å². The van der Waals surface area contributed by atoms with Crippen LogP contribution < -0.4 is 33.5 Å². The van der Waals surface area contributed by atoms with Gasteiger partial charge in [-0.05, 0) is 53.9 Å². The van der Waals surface area contributed by atoms with Crippen LogP contribution in [0.1, 0.15) is 38.0 Å². The number of rotatable bonds is 8. The van der Waals surface area contributed by atoms with Crippen LogP contribution in [-0.4, -0.2) is 76.3 Å². The normalized spacial score (nSPS) is 15.3. The second kappa shape index (κ2) is 11.4. The van der Waals surface area contributed by atoms with E-state index in [9.17, 15) is 9.59 Å². The summed E-state index contributed by atoms with van der Waals surface area (Å²) in [6.07, 6.45) is 0.710. The van der Waals surface area contributed by atoms with Gasteiger partial charge in [0, 0.05) is 52.9 Å². The molecule has 3 aromatic carbocycles.